The van der Waals surface area contributed by atoms with Crippen LogP contribution in [0.25, 0.3) is 10.8 Å². The Balaban J connectivity index is 0.000000481. The topological polar surface area (TPSA) is 89.5 Å². The third-order valence-electron chi connectivity index (χ3n) is 4.27. The van der Waals surface area contributed by atoms with Crippen LogP contribution in [0.2, 0.25) is 0 Å². The molecule has 7 nitrogen and oxygen atoms in total. The van der Waals surface area contributed by atoms with E-state index in [1.165, 1.54) is 16.5 Å². The molecule has 0 aromatic heterocycles. The van der Waals surface area contributed by atoms with Crippen LogP contribution in [-0.2, 0) is 0 Å². The molecule has 0 atom stereocenters. The first kappa shape index (κ1) is 18.1. The molecule has 0 unspecified atom stereocenters. The fourth-order valence-electron chi connectivity index (χ4n) is 3.16. The fraction of sp³-hybridized carbons (Fsp3) is 0.100. The molecule has 0 amide bonds. The molecular formula is C20H17N3O4. The molecule has 0 bridgehead atoms. The smallest absolute Gasteiger partial charge is 0.244 e. The van der Waals surface area contributed by atoms with Gasteiger partial charge in [0.2, 0.25) is 12.1 Å². The van der Waals surface area contributed by atoms with Crippen molar-refractivity contribution in [3.05, 3.63) is 87.6 Å². The van der Waals surface area contributed by atoms with Crippen molar-refractivity contribution in [2.24, 2.45) is 0 Å². The lowest BCUT2D eigenvalue weighted by Crippen LogP contribution is -2.33. The number of anilines is 1. The Hall–Kier alpha value is -3.74. The number of ketones is 1. The summed E-state index contributed by atoms with van der Waals surface area (Å²) in [7, 11) is 2.02. The molecule has 0 aliphatic carbocycles. The Labute approximate surface area is 155 Å². The van der Waals surface area contributed by atoms with Gasteiger partial charge in [-0.05, 0) is 17.5 Å². The molecule has 27 heavy (non-hydrogen) atoms. The molecular weight excluding hydrogens is 346 g/mol. The van der Waals surface area contributed by atoms with Gasteiger partial charge < -0.3 is 15.3 Å². The van der Waals surface area contributed by atoms with E-state index in [0.717, 1.165) is 11.3 Å². The van der Waals surface area contributed by atoms with E-state index in [0.29, 0.717) is 6.54 Å². The van der Waals surface area contributed by atoms with Crippen LogP contribution >= 0.6 is 0 Å². The molecule has 1 aliphatic rings. The van der Waals surface area contributed by atoms with E-state index < -0.39 is 5.09 Å². The van der Waals surface area contributed by atoms with E-state index in [2.05, 4.69) is 34.9 Å². The first-order valence-electron chi connectivity index (χ1n) is 8.23. The third kappa shape index (κ3) is 3.92. The summed E-state index contributed by atoms with van der Waals surface area (Å²) in [5.41, 5.74) is 3.00. The Morgan fingerprint density at radius 2 is 1.63 bits per heavy atom. The van der Waals surface area contributed by atoms with Crippen LogP contribution in [0.1, 0.15) is 10.4 Å². The molecule has 0 saturated carbocycles. The molecule has 3 aromatic carbocycles. The third-order valence-corrected chi connectivity index (χ3v) is 4.27. The molecule has 0 saturated heterocycles. The predicted molar refractivity (Wildman–Crippen MR) is 104 cm³/mol. The Morgan fingerprint density at radius 1 is 1.00 bits per heavy atom. The van der Waals surface area contributed by atoms with Gasteiger partial charge >= 0.3 is 0 Å². The standard InChI is InChI=1S/C20H17N2O.NO3/c1-21-14-22(13-19(23)15-7-3-2-4-8-15)18-12-6-10-16-9-5-11-17(21)20(16)18;2-1(3)4/h2-12,14H,13H2,1H3;/q+1;-1. The maximum Gasteiger partial charge on any atom is 0.244 e. The summed E-state index contributed by atoms with van der Waals surface area (Å²) >= 11 is 0. The highest BCUT2D eigenvalue weighted by Gasteiger charge is 2.26. The summed E-state index contributed by atoms with van der Waals surface area (Å²) in [6.07, 6.45) is 2.00. The van der Waals surface area contributed by atoms with Crippen molar-refractivity contribution in [2.75, 3.05) is 18.5 Å². The van der Waals surface area contributed by atoms with E-state index in [-0.39, 0.29) is 5.78 Å². The number of benzene rings is 3. The van der Waals surface area contributed by atoms with Crippen molar-refractivity contribution in [2.45, 2.75) is 0 Å². The van der Waals surface area contributed by atoms with Crippen molar-refractivity contribution in [1.82, 2.24) is 0 Å². The zero-order valence-corrected chi connectivity index (χ0v) is 14.6. The molecule has 1 aliphatic heterocycles. The zero-order valence-electron chi connectivity index (χ0n) is 14.6. The van der Waals surface area contributed by atoms with E-state index in [1.54, 1.807) is 0 Å². The number of hydrogen-bond acceptors (Lipinski definition) is 5. The molecule has 0 fully saturated rings. The van der Waals surface area contributed by atoms with E-state index >= 15 is 0 Å². The average Bonchev–Trinajstić information content (AvgIpc) is 2.66. The van der Waals surface area contributed by atoms with E-state index in [9.17, 15) is 4.79 Å². The van der Waals surface area contributed by atoms with E-state index in [1.807, 2.05) is 54.7 Å². The molecule has 4 rings (SSSR count). The zero-order chi connectivity index (χ0) is 19.4. The van der Waals surface area contributed by atoms with Crippen molar-refractivity contribution in [3.63, 3.8) is 0 Å². The summed E-state index contributed by atoms with van der Waals surface area (Å²) < 4.78 is 2.08. The summed E-state index contributed by atoms with van der Waals surface area (Å²) in [5.74, 6) is 0.117. The molecule has 0 N–H and O–H groups in total. The first-order valence-corrected chi connectivity index (χ1v) is 8.23. The van der Waals surface area contributed by atoms with Gasteiger partial charge in [0.05, 0.1) is 17.5 Å². The SMILES string of the molecule is C[N+]1=CN(CC(=O)c2ccccc2)c2cccc3cccc1c23.O=[N+]([O-])[O-]. The Bertz CT molecular complexity index is 1020. The lowest BCUT2D eigenvalue weighted by atomic mass is 10.0. The van der Waals surface area contributed by atoms with Crippen LogP contribution in [0.4, 0.5) is 11.4 Å². The van der Waals surface area contributed by atoms with Gasteiger partial charge in [0, 0.05) is 5.56 Å². The lowest BCUT2D eigenvalue weighted by Gasteiger charge is -2.21. The highest BCUT2D eigenvalue weighted by molar-refractivity contribution is 6.09. The van der Waals surface area contributed by atoms with Gasteiger partial charge in [-0.15, -0.1) is 0 Å². The van der Waals surface area contributed by atoms with Crippen molar-refractivity contribution >= 4 is 34.3 Å². The molecule has 7 heteroatoms. The van der Waals surface area contributed by atoms with Gasteiger partial charge in [0.25, 0.3) is 0 Å². The van der Waals surface area contributed by atoms with Gasteiger partial charge in [0.1, 0.15) is 11.4 Å². The van der Waals surface area contributed by atoms with Crippen LogP contribution in [-0.4, -0.2) is 35.4 Å². The van der Waals surface area contributed by atoms with Gasteiger partial charge in [-0.25, -0.2) is 9.48 Å². The number of nitrogens with zero attached hydrogens (tertiary/aromatic N) is 3. The van der Waals surface area contributed by atoms with Gasteiger partial charge in [-0.3, -0.25) is 4.79 Å². The maximum atomic E-state index is 12.6. The van der Waals surface area contributed by atoms with Crippen LogP contribution < -0.4 is 4.90 Å². The molecule has 0 radical (unpaired) electrons. The summed E-state index contributed by atoms with van der Waals surface area (Å²) in [6, 6.07) is 22.0. The Morgan fingerprint density at radius 3 is 2.30 bits per heavy atom. The minimum atomic E-state index is -1.75. The quantitative estimate of drug-likeness (QED) is 0.307. The summed E-state index contributed by atoms with van der Waals surface area (Å²) in [6.45, 7) is 0.335. The number of carbonyl (C=O) groups excluding carboxylic acids is 1. The number of rotatable bonds is 3. The molecule has 0 spiro atoms. The largest absolute Gasteiger partial charge is 0.356 e. The Kier molecular flexibility index (Phi) is 5.12. The second kappa shape index (κ2) is 7.65. The predicted octanol–water partition coefficient (Wildman–Crippen LogP) is 3.61. The first-order chi connectivity index (χ1) is 13.0. The minimum Gasteiger partial charge on any atom is -0.356 e. The molecule has 1 heterocycles. The summed E-state index contributed by atoms with van der Waals surface area (Å²) in [5, 5.41) is 17.1. The minimum absolute atomic E-state index is 0.117. The molecule has 136 valence electrons. The lowest BCUT2D eigenvalue weighted by molar-refractivity contribution is -0.402. The van der Waals surface area contributed by atoms with Gasteiger partial charge in [-0.1, -0.05) is 54.6 Å². The molecule has 3 aromatic rings. The van der Waals surface area contributed by atoms with E-state index in [4.69, 9.17) is 15.3 Å². The van der Waals surface area contributed by atoms with Crippen molar-refractivity contribution in [3.8, 4) is 0 Å². The van der Waals surface area contributed by atoms with Crippen molar-refractivity contribution < 1.29 is 14.5 Å². The monoisotopic (exact) mass is 363 g/mol. The number of hydrogen-bond donors (Lipinski definition) is 0. The van der Waals surface area contributed by atoms with Crippen LogP contribution in [0.15, 0.2) is 66.7 Å². The van der Waals surface area contributed by atoms with Gasteiger partial charge in [-0.2, -0.15) is 0 Å². The highest BCUT2D eigenvalue weighted by Crippen LogP contribution is 2.36. The number of carbonyl (C=O) groups is 1. The fourth-order valence-corrected chi connectivity index (χ4v) is 3.16. The van der Waals surface area contributed by atoms with Gasteiger partial charge in [0.15, 0.2) is 6.54 Å². The van der Waals surface area contributed by atoms with Crippen LogP contribution in [0.5, 0.6) is 0 Å². The second-order valence-corrected chi connectivity index (χ2v) is 6.02. The highest BCUT2D eigenvalue weighted by atomic mass is 16.9. The maximum absolute atomic E-state index is 12.6. The van der Waals surface area contributed by atoms with Crippen molar-refractivity contribution in [1.29, 1.82) is 0 Å². The van der Waals surface area contributed by atoms with Crippen LogP contribution in [0.3, 0.4) is 0 Å². The normalized spacial score (nSPS) is 12.0. The van der Waals surface area contributed by atoms with Crippen LogP contribution in [0, 0.1) is 15.3 Å². The second-order valence-electron chi connectivity index (χ2n) is 6.02. The average molecular weight is 363 g/mol. The number of Topliss-reactive ketones (excluding diaryl/α,β-unsaturated/α-hetero) is 1. The summed E-state index contributed by atoms with van der Waals surface area (Å²) in [4.78, 5) is 22.9.